The van der Waals surface area contributed by atoms with Gasteiger partial charge in [-0.05, 0) is 23.8 Å². The van der Waals surface area contributed by atoms with E-state index in [1.807, 2.05) is 6.07 Å². The molecule has 1 aromatic carbocycles. The normalized spacial score (nSPS) is 12.1. The Balaban J connectivity index is 2.51. The molecule has 0 spiro atoms. The Bertz CT molecular complexity index is 598. The lowest BCUT2D eigenvalue weighted by molar-refractivity contribution is -0.145. The minimum absolute atomic E-state index is 0.506. The topological polar surface area (TPSA) is 70.5 Å². The second-order valence-electron chi connectivity index (χ2n) is 3.97. The van der Waals surface area contributed by atoms with E-state index in [-0.39, 0.29) is 0 Å². The summed E-state index contributed by atoms with van der Waals surface area (Å²) < 4.78 is 0. The van der Waals surface area contributed by atoms with E-state index in [9.17, 15) is 14.7 Å². The molecule has 0 aliphatic heterocycles. The Morgan fingerprint density at radius 1 is 1.44 bits per heavy atom. The van der Waals surface area contributed by atoms with Crippen LogP contribution in [0.2, 0.25) is 0 Å². The molecule has 0 radical (unpaired) electrons. The van der Waals surface area contributed by atoms with Crippen LogP contribution in [0.3, 0.4) is 0 Å². The number of carboxylic acids is 1. The first-order valence-electron chi connectivity index (χ1n) is 5.38. The summed E-state index contributed by atoms with van der Waals surface area (Å²) in [5, 5.41) is 10.0. The van der Waals surface area contributed by atoms with Crippen molar-refractivity contribution in [1.82, 2.24) is 9.88 Å². The first-order valence-corrected chi connectivity index (χ1v) is 5.38. The molecule has 1 heterocycles. The van der Waals surface area contributed by atoms with E-state index < -0.39 is 12.0 Å². The van der Waals surface area contributed by atoms with Crippen molar-refractivity contribution in [2.24, 2.45) is 0 Å². The van der Waals surface area contributed by atoms with Crippen LogP contribution < -0.4 is 0 Å². The van der Waals surface area contributed by atoms with Crippen molar-refractivity contribution < 1.29 is 14.7 Å². The van der Waals surface area contributed by atoms with Crippen molar-refractivity contribution in [3.8, 4) is 0 Å². The van der Waals surface area contributed by atoms with Gasteiger partial charge in [-0.25, -0.2) is 4.79 Å². The highest BCUT2D eigenvalue weighted by atomic mass is 16.4. The Morgan fingerprint density at radius 3 is 2.89 bits per heavy atom. The standard InChI is InChI=1S/C13H12N2O3/c1-15(8-16)12(13(17)18)10-4-5-11-9(7-10)3-2-6-14-11/h2-8,12H,1H3,(H,17,18). The third kappa shape index (κ3) is 2.15. The quantitative estimate of drug-likeness (QED) is 0.826. The number of hydrogen-bond donors (Lipinski definition) is 1. The number of fused-ring (bicyclic) bond motifs is 1. The maximum absolute atomic E-state index is 11.2. The van der Waals surface area contributed by atoms with Gasteiger partial charge in [0.1, 0.15) is 0 Å². The van der Waals surface area contributed by atoms with Crippen molar-refractivity contribution in [2.45, 2.75) is 6.04 Å². The summed E-state index contributed by atoms with van der Waals surface area (Å²) in [5.41, 5.74) is 1.34. The molecule has 1 aromatic heterocycles. The number of carbonyl (C=O) groups is 2. The molecular formula is C13H12N2O3. The molecule has 5 heteroatoms. The van der Waals surface area contributed by atoms with Gasteiger partial charge in [0.15, 0.2) is 6.04 Å². The number of pyridine rings is 1. The first-order chi connectivity index (χ1) is 8.63. The Hall–Kier alpha value is -2.43. The zero-order valence-electron chi connectivity index (χ0n) is 9.78. The second kappa shape index (κ2) is 4.83. The van der Waals surface area contributed by atoms with Crippen LogP contribution in [0.25, 0.3) is 10.9 Å². The molecular weight excluding hydrogens is 232 g/mol. The van der Waals surface area contributed by atoms with Gasteiger partial charge in [-0.15, -0.1) is 0 Å². The number of aliphatic carboxylic acids is 1. The summed E-state index contributed by atoms with van der Waals surface area (Å²) >= 11 is 0. The van der Waals surface area contributed by atoms with Gasteiger partial charge in [-0.3, -0.25) is 9.78 Å². The summed E-state index contributed by atoms with van der Waals surface area (Å²) in [5.74, 6) is -1.06. The van der Waals surface area contributed by atoms with Gasteiger partial charge in [0.05, 0.1) is 5.52 Å². The molecule has 1 atom stereocenters. The summed E-state index contributed by atoms with van der Waals surface area (Å²) in [6.45, 7) is 0. The molecule has 1 unspecified atom stereocenters. The van der Waals surface area contributed by atoms with E-state index >= 15 is 0 Å². The number of hydrogen-bond acceptors (Lipinski definition) is 3. The summed E-state index contributed by atoms with van der Waals surface area (Å²) in [6.07, 6.45) is 2.18. The highest BCUT2D eigenvalue weighted by Gasteiger charge is 2.23. The van der Waals surface area contributed by atoms with Crippen molar-refractivity contribution in [2.75, 3.05) is 7.05 Å². The highest BCUT2D eigenvalue weighted by molar-refractivity contribution is 5.83. The molecule has 5 nitrogen and oxygen atoms in total. The Morgan fingerprint density at radius 2 is 2.22 bits per heavy atom. The fourth-order valence-corrected chi connectivity index (χ4v) is 1.88. The van der Waals surface area contributed by atoms with E-state index in [1.165, 1.54) is 7.05 Å². The van der Waals surface area contributed by atoms with E-state index in [1.54, 1.807) is 30.5 Å². The number of nitrogens with zero attached hydrogens (tertiary/aromatic N) is 2. The van der Waals surface area contributed by atoms with Crippen molar-refractivity contribution in [3.05, 3.63) is 42.1 Å². The average Bonchev–Trinajstić information content (AvgIpc) is 2.38. The molecule has 2 rings (SSSR count). The van der Waals surface area contributed by atoms with Gasteiger partial charge in [0.25, 0.3) is 0 Å². The number of carboxylic acid groups (broad SMARTS) is 1. The lowest BCUT2D eigenvalue weighted by Gasteiger charge is -2.20. The molecule has 18 heavy (non-hydrogen) atoms. The van der Waals surface area contributed by atoms with Crippen LogP contribution in [0.15, 0.2) is 36.5 Å². The van der Waals surface area contributed by atoms with Gasteiger partial charge < -0.3 is 10.0 Å². The average molecular weight is 244 g/mol. The monoisotopic (exact) mass is 244 g/mol. The minimum Gasteiger partial charge on any atom is -0.479 e. The summed E-state index contributed by atoms with van der Waals surface area (Å²) in [7, 11) is 1.44. The minimum atomic E-state index is -1.06. The molecule has 1 amide bonds. The molecule has 2 aromatic rings. The Kier molecular flexibility index (Phi) is 3.23. The van der Waals surface area contributed by atoms with Crippen LogP contribution in [0.1, 0.15) is 11.6 Å². The van der Waals surface area contributed by atoms with Crippen LogP contribution in [-0.4, -0.2) is 34.4 Å². The number of amides is 1. The number of likely N-dealkylation sites (N-methyl/N-ethyl adjacent to an activating group) is 1. The van der Waals surface area contributed by atoms with Crippen LogP contribution in [-0.2, 0) is 9.59 Å². The Labute approximate surface area is 104 Å². The van der Waals surface area contributed by atoms with Gasteiger partial charge in [0, 0.05) is 18.6 Å². The van der Waals surface area contributed by atoms with Crippen LogP contribution >= 0.6 is 0 Å². The van der Waals surface area contributed by atoms with Gasteiger partial charge in [-0.2, -0.15) is 0 Å². The third-order valence-corrected chi connectivity index (χ3v) is 2.75. The highest BCUT2D eigenvalue weighted by Crippen LogP contribution is 2.22. The number of carbonyl (C=O) groups excluding carboxylic acids is 1. The predicted molar refractivity (Wildman–Crippen MR) is 65.9 cm³/mol. The zero-order valence-corrected chi connectivity index (χ0v) is 9.78. The number of benzene rings is 1. The SMILES string of the molecule is CN(C=O)C(C(=O)O)c1ccc2ncccc2c1. The second-order valence-corrected chi connectivity index (χ2v) is 3.97. The lowest BCUT2D eigenvalue weighted by Crippen LogP contribution is -2.29. The molecule has 0 fully saturated rings. The van der Waals surface area contributed by atoms with Crippen LogP contribution in [0.4, 0.5) is 0 Å². The van der Waals surface area contributed by atoms with Crippen molar-refractivity contribution >= 4 is 23.3 Å². The lowest BCUT2D eigenvalue weighted by atomic mass is 10.0. The molecule has 0 aliphatic carbocycles. The molecule has 0 saturated heterocycles. The number of rotatable bonds is 4. The van der Waals surface area contributed by atoms with Gasteiger partial charge in [-0.1, -0.05) is 12.1 Å². The molecule has 0 saturated carbocycles. The maximum Gasteiger partial charge on any atom is 0.331 e. The van der Waals surface area contributed by atoms with E-state index in [0.717, 1.165) is 15.8 Å². The van der Waals surface area contributed by atoms with Gasteiger partial charge in [0.2, 0.25) is 6.41 Å². The third-order valence-electron chi connectivity index (χ3n) is 2.75. The fourth-order valence-electron chi connectivity index (χ4n) is 1.88. The first kappa shape index (κ1) is 12.0. The van der Waals surface area contributed by atoms with Gasteiger partial charge >= 0.3 is 5.97 Å². The molecule has 0 aliphatic rings. The smallest absolute Gasteiger partial charge is 0.331 e. The largest absolute Gasteiger partial charge is 0.479 e. The van der Waals surface area contributed by atoms with E-state index in [2.05, 4.69) is 4.98 Å². The van der Waals surface area contributed by atoms with Crippen LogP contribution in [0.5, 0.6) is 0 Å². The fraction of sp³-hybridized carbons (Fsp3) is 0.154. The summed E-state index contributed by atoms with van der Waals surface area (Å²) in [6, 6.07) is 7.82. The van der Waals surface area contributed by atoms with E-state index in [4.69, 9.17) is 0 Å². The zero-order chi connectivity index (χ0) is 13.1. The number of aromatic nitrogens is 1. The van der Waals surface area contributed by atoms with Crippen molar-refractivity contribution in [1.29, 1.82) is 0 Å². The summed E-state index contributed by atoms with van der Waals surface area (Å²) in [4.78, 5) is 27.2. The van der Waals surface area contributed by atoms with E-state index in [0.29, 0.717) is 12.0 Å². The molecule has 1 N–H and O–H groups in total. The maximum atomic E-state index is 11.2. The van der Waals surface area contributed by atoms with Crippen LogP contribution in [0, 0.1) is 0 Å². The predicted octanol–water partition coefficient (Wildman–Crippen LogP) is 1.45. The van der Waals surface area contributed by atoms with Crippen molar-refractivity contribution in [3.63, 3.8) is 0 Å². The molecule has 0 bridgehead atoms. The molecule has 92 valence electrons.